The fourth-order valence-corrected chi connectivity index (χ4v) is 3.35. The van der Waals surface area contributed by atoms with Gasteiger partial charge in [-0.05, 0) is 0 Å². The highest BCUT2D eigenvalue weighted by Gasteiger charge is 2.91. The second-order valence-corrected chi connectivity index (χ2v) is 7.92. The summed E-state index contributed by atoms with van der Waals surface area (Å²) >= 11 is 0. The van der Waals surface area contributed by atoms with Crippen molar-refractivity contribution >= 4 is 8.80 Å². The van der Waals surface area contributed by atoms with Crippen LogP contribution >= 0.6 is 0 Å². The van der Waals surface area contributed by atoms with E-state index in [1.807, 2.05) is 0 Å². The van der Waals surface area contributed by atoms with Crippen LogP contribution in [0.15, 0.2) is 0 Å². The Bertz CT molecular complexity index is 507. The van der Waals surface area contributed by atoms with E-state index in [1.54, 1.807) is 0 Å². The van der Waals surface area contributed by atoms with Crippen molar-refractivity contribution < 1.29 is 70.4 Å². The summed E-state index contributed by atoms with van der Waals surface area (Å²) in [6.45, 7) is 0. The molecule has 0 aromatic rings. The molecule has 0 amide bonds. The largest absolute Gasteiger partial charge is 0.506 e. The third-order valence-corrected chi connectivity index (χ3v) is 6.11. The van der Waals surface area contributed by atoms with Crippen molar-refractivity contribution in [3.05, 3.63) is 0 Å². The number of halogens is 13. The van der Waals surface area contributed by atoms with E-state index in [4.69, 9.17) is 0 Å². The van der Waals surface area contributed by atoms with Crippen LogP contribution in [0.25, 0.3) is 0 Å². The van der Waals surface area contributed by atoms with Crippen molar-refractivity contribution in [2.45, 2.75) is 41.8 Å². The molecule has 0 aromatic carbocycles. The minimum Gasteiger partial charge on any atom is -0.377 e. The van der Waals surface area contributed by atoms with Crippen molar-refractivity contribution in [3.63, 3.8) is 0 Å². The van der Waals surface area contributed by atoms with Crippen molar-refractivity contribution in [2.24, 2.45) is 0 Å². The van der Waals surface area contributed by atoms with E-state index in [2.05, 4.69) is 13.3 Å². The van der Waals surface area contributed by atoms with E-state index in [9.17, 15) is 57.1 Å². The molecule has 0 unspecified atom stereocenters. The van der Waals surface area contributed by atoms with Gasteiger partial charge in [-0.1, -0.05) is 0 Å². The van der Waals surface area contributed by atoms with Crippen LogP contribution < -0.4 is 0 Å². The first kappa shape index (κ1) is 26.2. The lowest BCUT2D eigenvalue weighted by Crippen LogP contribution is -2.70. The zero-order valence-corrected chi connectivity index (χ0v) is 14.3. The Labute approximate surface area is 143 Å². The Morgan fingerprint density at radius 3 is 1.07 bits per heavy atom. The smallest absolute Gasteiger partial charge is 0.377 e. The highest BCUT2D eigenvalue weighted by atomic mass is 28.4. The van der Waals surface area contributed by atoms with Gasteiger partial charge in [0.15, 0.2) is 0 Å². The number of hydrogen-bond acceptors (Lipinski definition) is 3. The highest BCUT2D eigenvalue weighted by molar-refractivity contribution is 6.60. The van der Waals surface area contributed by atoms with Crippen LogP contribution in [-0.2, 0) is 13.3 Å². The first-order valence-corrected chi connectivity index (χ1v) is 8.18. The normalized spacial score (nSPS) is 16.0. The molecule has 3 nitrogen and oxygen atoms in total. The maximum Gasteiger partial charge on any atom is 0.506 e. The van der Waals surface area contributed by atoms with Crippen LogP contribution in [0.1, 0.15) is 0 Å². The molecule has 0 spiro atoms. The summed E-state index contributed by atoms with van der Waals surface area (Å²) in [5, 5.41) is 0. The van der Waals surface area contributed by atoms with Crippen molar-refractivity contribution in [1.82, 2.24) is 0 Å². The van der Waals surface area contributed by atoms with Crippen LogP contribution in [0.4, 0.5) is 57.1 Å². The van der Waals surface area contributed by atoms with E-state index in [-0.39, 0.29) is 0 Å². The van der Waals surface area contributed by atoms with Gasteiger partial charge < -0.3 is 13.3 Å². The van der Waals surface area contributed by atoms with Gasteiger partial charge in [0.2, 0.25) is 0 Å². The summed E-state index contributed by atoms with van der Waals surface area (Å²) in [6, 6.07) is -2.64. The first-order chi connectivity index (χ1) is 11.6. The minimum atomic E-state index is -7.94. The fraction of sp³-hybridized carbons (Fsp3) is 1.00. The van der Waals surface area contributed by atoms with Gasteiger partial charge in [-0.3, -0.25) is 0 Å². The lowest BCUT2D eigenvalue weighted by atomic mass is 9.94. The first-order valence-electron chi connectivity index (χ1n) is 6.25. The van der Waals surface area contributed by atoms with Gasteiger partial charge in [0.25, 0.3) is 0 Å². The number of hydrogen-bond donors (Lipinski definition) is 0. The van der Waals surface area contributed by atoms with Gasteiger partial charge in [0, 0.05) is 21.3 Å². The molecule has 0 aliphatic heterocycles. The number of rotatable bonds is 9. The molecule has 0 aromatic heterocycles. The van der Waals surface area contributed by atoms with E-state index in [0.717, 1.165) is 0 Å². The van der Waals surface area contributed by atoms with Gasteiger partial charge >= 0.3 is 44.6 Å². The SMILES string of the molecule is CO[Si](CC(F)(F)C(F)(F)C(F)(F)C(F)(F)C(F)(F)C(F)(F)F)(OC)OC. The molecule has 0 fully saturated rings. The molecule has 27 heavy (non-hydrogen) atoms. The molecular weight excluding hydrogens is 443 g/mol. The number of alkyl halides is 13. The molecule has 0 heterocycles. The lowest BCUT2D eigenvalue weighted by molar-refractivity contribution is -0.438. The molecule has 0 saturated carbocycles. The van der Waals surface area contributed by atoms with Crippen molar-refractivity contribution in [2.75, 3.05) is 21.3 Å². The third-order valence-electron chi connectivity index (χ3n) is 3.37. The van der Waals surface area contributed by atoms with Gasteiger partial charge in [-0.2, -0.15) is 57.1 Å². The van der Waals surface area contributed by atoms with Crippen LogP contribution in [-0.4, -0.2) is 65.9 Å². The Morgan fingerprint density at radius 2 is 0.815 bits per heavy atom. The molecule has 164 valence electrons. The quantitative estimate of drug-likeness (QED) is 0.377. The summed E-state index contributed by atoms with van der Waals surface area (Å²) in [5.74, 6) is -37.3. The van der Waals surface area contributed by atoms with Gasteiger partial charge in [0.05, 0.1) is 6.04 Å². The van der Waals surface area contributed by atoms with Crippen molar-refractivity contribution in [3.8, 4) is 0 Å². The lowest BCUT2D eigenvalue weighted by Gasteiger charge is -2.40. The van der Waals surface area contributed by atoms with Crippen molar-refractivity contribution in [1.29, 1.82) is 0 Å². The van der Waals surface area contributed by atoms with Crippen LogP contribution in [0, 0.1) is 0 Å². The summed E-state index contributed by atoms with van der Waals surface area (Å²) < 4.78 is 181. The highest BCUT2D eigenvalue weighted by Crippen LogP contribution is 2.61. The van der Waals surface area contributed by atoms with E-state index in [0.29, 0.717) is 21.3 Å². The third kappa shape index (κ3) is 3.87. The molecule has 0 bridgehead atoms. The summed E-state index contributed by atoms with van der Waals surface area (Å²) in [4.78, 5) is 0. The van der Waals surface area contributed by atoms with Gasteiger partial charge in [0.1, 0.15) is 0 Å². The molecule has 0 aliphatic rings. The molecule has 0 saturated heterocycles. The minimum absolute atomic E-state index is 0.526. The summed E-state index contributed by atoms with van der Waals surface area (Å²) in [7, 11) is -3.32. The van der Waals surface area contributed by atoms with Crippen LogP contribution in [0.3, 0.4) is 0 Å². The Balaban J connectivity index is 6.31. The average molecular weight is 454 g/mol. The molecule has 0 rings (SSSR count). The molecule has 0 aliphatic carbocycles. The Hall–Kier alpha value is -0.813. The van der Waals surface area contributed by atoms with Crippen LogP contribution in [0.2, 0.25) is 6.04 Å². The molecule has 0 radical (unpaired) electrons. The summed E-state index contributed by atoms with van der Waals surface area (Å²) in [5.41, 5.74) is 0. The standard InChI is InChI=1S/C10H11F13O3Si/c1-24-27(25-2,26-3)4-5(11,12)6(13,14)7(15,16)8(17,18)9(19,20)10(21,22)23/h4H2,1-3H3. The average Bonchev–Trinajstić information content (AvgIpc) is 2.50. The zero-order chi connectivity index (χ0) is 22.3. The predicted octanol–water partition coefficient (Wildman–Crippen LogP) is 4.60. The Morgan fingerprint density at radius 1 is 0.519 bits per heavy atom. The maximum atomic E-state index is 13.7. The maximum absolute atomic E-state index is 13.7. The zero-order valence-electron chi connectivity index (χ0n) is 13.3. The molecule has 0 atom stereocenters. The monoisotopic (exact) mass is 454 g/mol. The molecule has 17 heteroatoms. The fourth-order valence-electron chi connectivity index (χ4n) is 1.65. The van der Waals surface area contributed by atoms with E-state index < -0.39 is 50.6 Å². The second-order valence-electron chi connectivity index (χ2n) is 4.97. The predicted molar refractivity (Wildman–Crippen MR) is 62.4 cm³/mol. The molecular formula is C10H11F13O3Si. The molecule has 0 N–H and O–H groups in total. The van der Waals surface area contributed by atoms with Gasteiger partial charge in [-0.25, -0.2) is 0 Å². The van der Waals surface area contributed by atoms with E-state index in [1.165, 1.54) is 0 Å². The second kappa shape index (κ2) is 7.22. The van der Waals surface area contributed by atoms with Gasteiger partial charge in [-0.15, -0.1) is 0 Å². The topological polar surface area (TPSA) is 27.7 Å². The summed E-state index contributed by atoms with van der Waals surface area (Å²) in [6.07, 6.45) is -7.45. The van der Waals surface area contributed by atoms with E-state index >= 15 is 0 Å². The van der Waals surface area contributed by atoms with Crippen LogP contribution in [0.5, 0.6) is 0 Å². The Kier molecular flexibility index (Phi) is 7.00.